The highest BCUT2D eigenvalue weighted by Crippen LogP contribution is 2.35. The zero-order valence-electron chi connectivity index (χ0n) is 15.3. The van der Waals surface area contributed by atoms with Crippen molar-refractivity contribution >= 4 is 11.4 Å². The average Bonchev–Trinajstić information content (AvgIpc) is 2.46. The molecule has 0 unspecified atom stereocenters. The maximum Gasteiger partial charge on any atom is 0.173 e. The molecule has 1 aromatic heterocycles. The van der Waals surface area contributed by atoms with Gasteiger partial charge in [-0.2, -0.15) is 0 Å². The molecule has 0 aliphatic rings. The van der Waals surface area contributed by atoms with Gasteiger partial charge >= 0.3 is 0 Å². The van der Waals surface area contributed by atoms with Gasteiger partial charge in [0.25, 0.3) is 0 Å². The van der Waals surface area contributed by atoms with E-state index < -0.39 is 0 Å². The van der Waals surface area contributed by atoms with Crippen LogP contribution in [0.15, 0.2) is 41.7 Å². The summed E-state index contributed by atoms with van der Waals surface area (Å²) in [5.74, 6) is 0.675. The van der Waals surface area contributed by atoms with Crippen molar-refractivity contribution in [2.24, 2.45) is 4.99 Å². The normalized spacial score (nSPS) is 13.3. The van der Waals surface area contributed by atoms with E-state index in [0.717, 1.165) is 11.4 Å². The van der Waals surface area contributed by atoms with E-state index in [1.54, 1.807) is 12.4 Å². The first kappa shape index (κ1) is 17.3. The quantitative estimate of drug-likeness (QED) is 0.714. The summed E-state index contributed by atoms with van der Waals surface area (Å²) in [7, 11) is 0. The molecule has 0 atom stereocenters. The van der Waals surface area contributed by atoms with Crippen molar-refractivity contribution in [1.29, 1.82) is 0 Å². The van der Waals surface area contributed by atoms with E-state index in [0.29, 0.717) is 5.82 Å². The summed E-state index contributed by atoms with van der Waals surface area (Å²) in [6.45, 7) is 15.3. The molecule has 0 saturated heterocycles. The fourth-order valence-corrected chi connectivity index (χ4v) is 2.44. The molecule has 0 aliphatic carbocycles. The third kappa shape index (κ3) is 4.25. The first-order chi connectivity index (χ1) is 10.6. The molecular formula is C20H27N3. The fraction of sp³-hybridized carbons (Fsp3) is 0.450. The summed E-state index contributed by atoms with van der Waals surface area (Å²) in [6, 6.07) is 8.44. The number of benzene rings is 1. The fourth-order valence-electron chi connectivity index (χ4n) is 2.44. The van der Waals surface area contributed by atoms with E-state index in [1.165, 1.54) is 11.1 Å². The van der Waals surface area contributed by atoms with Crippen LogP contribution in [-0.2, 0) is 10.8 Å². The highest BCUT2D eigenvalue weighted by Gasteiger charge is 2.21. The molecule has 23 heavy (non-hydrogen) atoms. The molecule has 0 spiro atoms. The van der Waals surface area contributed by atoms with Crippen LogP contribution in [-0.4, -0.2) is 15.7 Å². The molecule has 1 aromatic carbocycles. The zero-order valence-corrected chi connectivity index (χ0v) is 15.3. The van der Waals surface area contributed by atoms with Gasteiger partial charge < -0.3 is 0 Å². The number of aromatic nitrogens is 2. The van der Waals surface area contributed by atoms with Gasteiger partial charge in [-0.05, 0) is 41.0 Å². The standard InChI is InChI=1S/C20H27N3/c1-14(18-21-11-8-12-22-18)23-17-13-15(19(2,3)4)9-10-16(17)20(5,6)7/h8-13H,1-7H3. The van der Waals surface area contributed by atoms with Crippen LogP contribution < -0.4 is 0 Å². The van der Waals surface area contributed by atoms with Crippen LogP contribution in [0.5, 0.6) is 0 Å². The lowest BCUT2D eigenvalue weighted by atomic mass is 9.81. The zero-order chi connectivity index (χ0) is 17.3. The molecule has 0 N–H and O–H groups in total. The van der Waals surface area contributed by atoms with Gasteiger partial charge in [-0.15, -0.1) is 0 Å². The van der Waals surface area contributed by atoms with Gasteiger partial charge in [-0.25, -0.2) is 15.0 Å². The van der Waals surface area contributed by atoms with Crippen LogP contribution in [0.1, 0.15) is 65.4 Å². The third-order valence-electron chi connectivity index (χ3n) is 3.85. The lowest BCUT2D eigenvalue weighted by Crippen LogP contribution is -2.15. The Morgan fingerprint density at radius 3 is 2.04 bits per heavy atom. The van der Waals surface area contributed by atoms with Crippen LogP contribution in [0.4, 0.5) is 5.69 Å². The van der Waals surface area contributed by atoms with E-state index in [-0.39, 0.29) is 10.8 Å². The summed E-state index contributed by atoms with van der Waals surface area (Å²) in [5, 5.41) is 0. The van der Waals surface area contributed by atoms with Crippen molar-refractivity contribution < 1.29 is 0 Å². The minimum absolute atomic E-state index is 0.0348. The molecule has 0 amide bonds. The van der Waals surface area contributed by atoms with Crippen LogP contribution in [0, 0.1) is 0 Å². The molecule has 0 fully saturated rings. The topological polar surface area (TPSA) is 38.1 Å². The smallest absolute Gasteiger partial charge is 0.173 e. The minimum atomic E-state index is 0.0348. The number of rotatable bonds is 2. The van der Waals surface area contributed by atoms with E-state index in [1.807, 2.05) is 13.0 Å². The lowest BCUT2D eigenvalue weighted by Gasteiger charge is -2.25. The SMILES string of the molecule is CC(=Nc1cc(C(C)(C)C)ccc1C(C)(C)C)c1ncccn1. The number of aliphatic imine (C=N–C) groups is 1. The maximum atomic E-state index is 4.86. The van der Waals surface area contributed by atoms with Crippen molar-refractivity contribution in [3.63, 3.8) is 0 Å². The van der Waals surface area contributed by atoms with E-state index in [2.05, 4.69) is 69.7 Å². The molecule has 1 heterocycles. The summed E-state index contributed by atoms with van der Waals surface area (Å²) in [4.78, 5) is 13.5. The number of hydrogen-bond donors (Lipinski definition) is 0. The Hall–Kier alpha value is -2.03. The Bertz CT molecular complexity index is 702. The van der Waals surface area contributed by atoms with Crippen molar-refractivity contribution in [2.75, 3.05) is 0 Å². The molecule has 2 rings (SSSR count). The Morgan fingerprint density at radius 1 is 0.913 bits per heavy atom. The Labute approximate surface area is 139 Å². The molecule has 2 aromatic rings. The van der Waals surface area contributed by atoms with E-state index in [4.69, 9.17) is 4.99 Å². The van der Waals surface area contributed by atoms with Crippen LogP contribution in [0.25, 0.3) is 0 Å². The molecular weight excluding hydrogens is 282 g/mol. The van der Waals surface area contributed by atoms with Gasteiger partial charge in [0.05, 0.1) is 11.4 Å². The average molecular weight is 309 g/mol. The maximum absolute atomic E-state index is 4.86. The van der Waals surface area contributed by atoms with E-state index >= 15 is 0 Å². The third-order valence-corrected chi connectivity index (χ3v) is 3.85. The highest BCUT2D eigenvalue weighted by atomic mass is 14.9. The first-order valence-electron chi connectivity index (χ1n) is 8.07. The molecule has 0 saturated carbocycles. The molecule has 0 radical (unpaired) electrons. The predicted molar refractivity (Wildman–Crippen MR) is 97.7 cm³/mol. The van der Waals surface area contributed by atoms with Crippen molar-refractivity contribution in [3.8, 4) is 0 Å². The molecule has 3 heteroatoms. The van der Waals surface area contributed by atoms with Crippen LogP contribution >= 0.6 is 0 Å². The molecule has 0 aliphatic heterocycles. The summed E-state index contributed by atoms with van der Waals surface area (Å²) in [6.07, 6.45) is 3.50. The number of nitrogens with zero attached hydrogens (tertiary/aromatic N) is 3. The monoisotopic (exact) mass is 309 g/mol. The Balaban J connectivity index is 2.58. The summed E-state index contributed by atoms with van der Waals surface area (Å²) < 4.78 is 0. The minimum Gasteiger partial charge on any atom is -0.250 e. The van der Waals surface area contributed by atoms with Crippen molar-refractivity contribution in [1.82, 2.24) is 9.97 Å². The van der Waals surface area contributed by atoms with Crippen molar-refractivity contribution in [3.05, 3.63) is 53.6 Å². The Kier molecular flexibility index (Phi) is 4.69. The number of hydrogen-bond acceptors (Lipinski definition) is 3. The second-order valence-electron chi connectivity index (χ2n) is 8.00. The van der Waals surface area contributed by atoms with Gasteiger partial charge in [0, 0.05) is 12.4 Å². The molecule has 0 bridgehead atoms. The summed E-state index contributed by atoms with van der Waals surface area (Å²) >= 11 is 0. The first-order valence-corrected chi connectivity index (χ1v) is 8.07. The van der Waals surface area contributed by atoms with Gasteiger partial charge in [0.1, 0.15) is 0 Å². The van der Waals surface area contributed by atoms with Gasteiger partial charge in [0.15, 0.2) is 5.82 Å². The van der Waals surface area contributed by atoms with Crippen molar-refractivity contribution in [2.45, 2.75) is 59.3 Å². The van der Waals surface area contributed by atoms with Gasteiger partial charge in [-0.1, -0.05) is 53.7 Å². The van der Waals surface area contributed by atoms with Crippen LogP contribution in [0.2, 0.25) is 0 Å². The van der Waals surface area contributed by atoms with Gasteiger partial charge in [0.2, 0.25) is 0 Å². The molecule has 122 valence electrons. The van der Waals surface area contributed by atoms with E-state index in [9.17, 15) is 0 Å². The largest absolute Gasteiger partial charge is 0.250 e. The lowest BCUT2D eigenvalue weighted by molar-refractivity contribution is 0.578. The highest BCUT2D eigenvalue weighted by molar-refractivity contribution is 5.97. The van der Waals surface area contributed by atoms with Crippen LogP contribution in [0.3, 0.4) is 0 Å². The molecule has 3 nitrogen and oxygen atoms in total. The second kappa shape index (κ2) is 6.23. The Morgan fingerprint density at radius 2 is 1.52 bits per heavy atom. The second-order valence-corrected chi connectivity index (χ2v) is 8.00. The summed E-state index contributed by atoms with van der Waals surface area (Å²) in [5.41, 5.74) is 4.49. The van der Waals surface area contributed by atoms with Gasteiger partial charge in [-0.3, -0.25) is 0 Å². The predicted octanol–water partition coefficient (Wildman–Crippen LogP) is 5.21.